The minimum atomic E-state index is 0.876. The summed E-state index contributed by atoms with van der Waals surface area (Å²) < 4.78 is 6.28. The van der Waals surface area contributed by atoms with E-state index in [1.807, 2.05) is 18.2 Å². The summed E-state index contributed by atoms with van der Waals surface area (Å²) in [5, 5.41) is 3.60. The summed E-state index contributed by atoms with van der Waals surface area (Å²) >= 11 is 0. The van der Waals surface area contributed by atoms with Gasteiger partial charge >= 0.3 is 0 Å². The van der Waals surface area contributed by atoms with E-state index in [0.717, 1.165) is 61.6 Å². The van der Waals surface area contributed by atoms with Gasteiger partial charge in [0.05, 0.1) is 0 Å². The van der Waals surface area contributed by atoms with Gasteiger partial charge in [-0.2, -0.15) is 0 Å². The third-order valence-corrected chi connectivity index (χ3v) is 11.9. The van der Waals surface area contributed by atoms with Crippen molar-refractivity contribution in [1.29, 1.82) is 0 Å². The molecule has 0 aliphatic carbocycles. The maximum atomic E-state index is 6.28. The molecule has 0 N–H and O–H groups in total. The first-order valence-electron chi connectivity index (χ1n) is 21.1. The van der Waals surface area contributed by atoms with E-state index in [4.69, 9.17) is 4.42 Å². The van der Waals surface area contributed by atoms with E-state index in [1.54, 1.807) is 0 Å². The van der Waals surface area contributed by atoms with E-state index in [-0.39, 0.29) is 0 Å². The first kappa shape index (κ1) is 36.8. The van der Waals surface area contributed by atoms with Gasteiger partial charge in [-0.3, -0.25) is 0 Å². The molecule has 2 heteroatoms. The fourth-order valence-electron chi connectivity index (χ4n) is 8.62. The summed E-state index contributed by atoms with van der Waals surface area (Å²) in [6, 6.07) is 89.0. The van der Waals surface area contributed by atoms with Gasteiger partial charge in [0.2, 0.25) is 0 Å². The predicted molar refractivity (Wildman–Crippen MR) is 261 cm³/mol. The zero-order valence-corrected chi connectivity index (χ0v) is 34.0. The van der Waals surface area contributed by atoms with Crippen molar-refractivity contribution in [2.24, 2.45) is 0 Å². The number of anilines is 3. The first-order valence-corrected chi connectivity index (χ1v) is 21.1. The lowest BCUT2D eigenvalue weighted by Gasteiger charge is -2.26. The van der Waals surface area contributed by atoms with E-state index in [9.17, 15) is 0 Å². The Labute approximate surface area is 362 Å². The number of rotatable bonds is 9. The van der Waals surface area contributed by atoms with Gasteiger partial charge in [-0.05, 0) is 121 Å². The van der Waals surface area contributed by atoms with Gasteiger partial charge < -0.3 is 9.32 Å². The highest BCUT2D eigenvalue weighted by Crippen LogP contribution is 2.40. The van der Waals surface area contributed by atoms with Crippen LogP contribution in [0.15, 0.2) is 253 Å². The molecule has 1 heterocycles. The SMILES string of the molecule is c1ccc(-c2ccc(-c3ccc(N(c4ccc(-c5ccc(-c6ccccc6-c6cc7ccccc7o6)cc5)cc4)c4ccc(-c5ccc6ccccc6c5)cc4)cc3)cc2)cc1. The van der Waals surface area contributed by atoms with Gasteiger partial charge in [0, 0.05) is 28.0 Å². The minimum Gasteiger partial charge on any atom is -0.456 e. The van der Waals surface area contributed by atoms with Gasteiger partial charge in [0.15, 0.2) is 0 Å². The second-order valence-corrected chi connectivity index (χ2v) is 15.8. The Balaban J connectivity index is 0.899. The standard InChI is InChI=1S/C60H41NO/c1-2-10-42(11-3-1)44-18-20-45(21-19-44)47-28-34-54(35-29-47)61(56-38-32-49(33-39-56)52-27-24-43-12-4-5-13-51(43)40-52)55-36-30-48(31-37-55)46-22-25-50(26-23-46)57-15-7-8-16-58(57)60-41-53-14-6-9-17-59(53)62-60/h1-41H. The maximum Gasteiger partial charge on any atom is 0.136 e. The minimum absolute atomic E-state index is 0.876. The summed E-state index contributed by atoms with van der Waals surface area (Å²) in [5.74, 6) is 0.876. The summed E-state index contributed by atoms with van der Waals surface area (Å²) in [4.78, 5) is 2.34. The molecule has 1 aromatic heterocycles. The van der Waals surface area contributed by atoms with Gasteiger partial charge in [-0.15, -0.1) is 0 Å². The molecule has 292 valence electrons. The van der Waals surface area contributed by atoms with E-state index in [1.165, 1.54) is 44.2 Å². The monoisotopic (exact) mass is 791 g/mol. The van der Waals surface area contributed by atoms with Crippen molar-refractivity contribution >= 4 is 38.8 Å². The molecule has 0 unspecified atom stereocenters. The van der Waals surface area contributed by atoms with Crippen LogP contribution in [0.3, 0.4) is 0 Å². The van der Waals surface area contributed by atoms with E-state index in [2.05, 4.69) is 235 Å². The number of hydrogen-bond donors (Lipinski definition) is 0. The van der Waals surface area contributed by atoms with E-state index in [0.29, 0.717) is 0 Å². The predicted octanol–water partition coefficient (Wildman–Crippen LogP) is 17.1. The van der Waals surface area contributed by atoms with Crippen LogP contribution in [-0.4, -0.2) is 0 Å². The number of furan rings is 1. The first-order chi connectivity index (χ1) is 30.7. The number of benzene rings is 10. The molecular weight excluding hydrogens is 751 g/mol. The van der Waals surface area contributed by atoms with E-state index < -0.39 is 0 Å². The Morgan fingerprint density at radius 2 is 0.629 bits per heavy atom. The highest BCUT2D eigenvalue weighted by Gasteiger charge is 2.16. The number of para-hydroxylation sites is 1. The zero-order valence-electron chi connectivity index (χ0n) is 34.0. The van der Waals surface area contributed by atoms with Crippen molar-refractivity contribution in [2.75, 3.05) is 4.90 Å². The van der Waals surface area contributed by atoms with Crippen molar-refractivity contribution in [3.8, 4) is 67.0 Å². The van der Waals surface area contributed by atoms with Gasteiger partial charge in [0.1, 0.15) is 11.3 Å². The summed E-state index contributed by atoms with van der Waals surface area (Å²) in [6.45, 7) is 0. The second-order valence-electron chi connectivity index (χ2n) is 15.8. The fraction of sp³-hybridized carbons (Fsp3) is 0. The molecule has 2 nitrogen and oxygen atoms in total. The lowest BCUT2D eigenvalue weighted by Crippen LogP contribution is -2.09. The smallest absolute Gasteiger partial charge is 0.136 e. The second kappa shape index (κ2) is 16.1. The van der Waals surface area contributed by atoms with Crippen molar-refractivity contribution in [1.82, 2.24) is 0 Å². The average molecular weight is 792 g/mol. The molecule has 0 saturated heterocycles. The van der Waals surface area contributed by atoms with Gasteiger partial charge in [-0.1, -0.05) is 194 Å². The molecule has 0 atom stereocenters. The summed E-state index contributed by atoms with van der Waals surface area (Å²) in [5.41, 5.74) is 17.1. The normalized spacial score (nSPS) is 11.2. The lowest BCUT2D eigenvalue weighted by molar-refractivity contribution is 0.632. The topological polar surface area (TPSA) is 16.4 Å². The van der Waals surface area contributed by atoms with Gasteiger partial charge in [0.25, 0.3) is 0 Å². The lowest BCUT2D eigenvalue weighted by atomic mass is 9.95. The van der Waals surface area contributed by atoms with Crippen LogP contribution in [0.2, 0.25) is 0 Å². The van der Waals surface area contributed by atoms with Crippen molar-refractivity contribution < 1.29 is 4.42 Å². The molecule has 0 spiro atoms. The third-order valence-electron chi connectivity index (χ3n) is 11.9. The van der Waals surface area contributed by atoms with Crippen LogP contribution in [0.25, 0.3) is 88.7 Å². The zero-order chi connectivity index (χ0) is 41.2. The van der Waals surface area contributed by atoms with Crippen LogP contribution in [-0.2, 0) is 0 Å². The largest absolute Gasteiger partial charge is 0.456 e. The molecular formula is C60H41NO. The van der Waals surface area contributed by atoms with Gasteiger partial charge in [-0.25, -0.2) is 0 Å². The van der Waals surface area contributed by atoms with Crippen molar-refractivity contribution in [3.05, 3.63) is 249 Å². The van der Waals surface area contributed by atoms with Crippen LogP contribution < -0.4 is 4.90 Å². The summed E-state index contributed by atoms with van der Waals surface area (Å²) in [7, 11) is 0. The van der Waals surface area contributed by atoms with Crippen LogP contribution in [0.5, 0.6) is 0 Å². The quantitative estimate of drug-likeness (QED) is 0.145. The molecule has 11 aromatic rings. The number of nitrogens with zero attached hydrogens (tertiary/aromatic N) is 1. The third kappa shape index (κ3) is 7.25. The Morgan fingerprint density at radius 1 is 0.242 bits per heavy atom. The van der Waals surface area contributed by atoms with E-state index >= 15 is 0 Å². The van der Waals surface area contributed by atoms with Crippen LogP contribution in [0, 0.1) is 0 Å². The Kier molecular flexibility index (Phi) is 9.57. The summed E-state index contributed by atoms with van der Waals surface area (Å²) in [6.07, 6.45) is 0. The van der Waals surface area contributed by atoms with Crippen molar-refractivity contribution in [3.63, 3.8) is 0 Å². The highest BCUT2D eigenvalue weighted by atomic mass is 16.3. The molecule has 0 bridgehead atoms. The molecule has 0 aliphatic rings. The van der Waals surface area contributed by atoms with Crippen LogP contribution in [0.4, 0.5) is 17.1 Å². The molecule has 10 aromatic carbocycles. The molecule has 0 radical (unpaired) electrons. The molecule has 62 heavy (non-hydrogen) atoms. The molecule has 0 amide bonds. The van der Waals surface area contributed by atoms with Crippen molar-refractivity contribution in [2.45, 2.75) is 0 Å². The molecule has 0 aliphatic heterocycles. The Hall–Kier alpha value is -8.20. The fourth-order valence-corrected chi connectivity index (χ4v) is 8.62. The highest BCUT2D eigenvalue weighted by molar-refractivity contribution is 5.90. The van der Waals surface area contributed by atoms with Crippen LogP contribution in [0.1, 0.15) is 0 Å². The molecule has 0 fully saturated rings. The van der Waals surface area contributed by atoms with Crippen LogP contribution >= 0.6 is 0 Å². The maximum absolute atomic E-state index is 6.28. The average Bonchev–Trinajstić information content (AvgIpc) is 3.80. The molecule has 0 saturated carbocycles. The number of fused-ring (bicyclic) bond motifs is 2. The Morgan fingerprint density at radius 3 is 1.18 bits per heavy atom. The molecule has 11 rings (SSSR count). The Bertz CT molecular complexity index is 3260. The number of hydrogen-bond acceptors (Lipinski definition) is 2.